The third-order valence-corrected chi connectivity index (χ3v) is 6.19. The van der Waals surface area contributed by atoms with Gasteiger partial charge in [-0.05, 0) is 45.9 Å². The molecule has 0 saturated heterocycles. The standard InChI is InChI=1S/C16H23NO3S/c1-5-20-15-8-6-7-14-13(15)9-10-17(14)11-12-21(18,19)16(2,3)4/h6-10H,5,11-12H2,1-4H3. The molecule has 1 aromatic heterocycles. The van der Waals surface area contributed by atoms with E-state index in [0.717, 1.165) is 16.7 Å². The summed E-state index contributed by atoms with van der Waals surface area (Å²) in [6.45, 7) is 8.24. The van der Waals surface area contributed by atoms with Gasteiger partial charge in [-0.2, -0.15) is 0 Å². The zero-order chi connectivity index (χ0) is 15.7. The highest BCUT2D eigenvalue weighted by molar-refractivity contribution is 7.92. The molecule has 2 rings (SSSR count). The van der Waals surface area contributed by atoms with E-state index in [1.807, 2.05) is 42.0 Å². The van der Waals surface area contributed by atoms with E-state index in [4.69, 9.17) is 4.74 Å². The van der Waals surface area contributed by atoms with Gasteiger partial charge >= 0.3 is 0 Å². The first kappa shape index (κ1) is 15.9. The Balaban J connectivity index is 2.27. The first-order valence-corrected chi connectivity index (χ1v) is 8.84. The van der Waals surface area contributed by atoms with Crippen LogP contribution in [0.4, 0.5) is 0 Å². The van der Waals surface area contributed by atoms with Crippen LogP contribution < -0.4 is 4.74 Å². The Bertz CT molecular complexity index is 724. The smallest absolute Gasteiger partial charge is 0.156 e. The molecule has 0 spiro atoms. The quantitative estimate of drug-likeness (QED) is 0.852. The number of ether oxygens (including phenoxy) is 1. The Morgan fingerprint density at radius 1 is 1.19 bits per heavy atom. The van der Waals surface area contributed by atoms with Crippen LogP contribution in [0.25, 0.3) is 10.9 Å². The lowest BCUT2D eigenvalue weighted by Crippen LogP contribution is -2.31. The van der Waals surface area contributed by atoms with Crippen molar-refractivity contribution < 1.29 is 13.2 Å². The molecule has 0 unspecified atom stereocenters. The number of nitrogens with zero attached hydrogens (tertiary/aromatic N) is 1. The average molecular weight is 309 g/mol. The Kier molecular flexibility index (Phi) is 4.33. The zero-order valence-electron chi connectivity index (χ0n) is 13.1. The van der Waals surface area contributed by atoms with Crippen LogP contribution in [0, 0.1) is 0 Å². The minimum absolute atomic E-state index is 0.138. The number of rotatable bonds is 5. The summed E-state index contributed by atoms with van der Waals surface area (Å²) in [7, 11) is -3.11. The molecule has 2 aromatic rings. The lowest BCUT2D eigenvalue weighted by atomic mass is 10.2. The van der Waals surface area contributed by atoms with Crippen LogP contribution in [-0.4, -0.2) is 30.1 Å². The molecule has 0 amide bonds. The van der Waals surface area contributed by atoms with Crippen LogP contribution >= 0.6 is 0 Å². The highest BCUT2D eigenvalue weighted by atomic mass is 32.2. The lowest BCUT2D eigenvalue weighted by molar-refractivity contribution is 0.344. The molecule has 1 heterocycles. The van der Waals surface area contributed by atoms with Crippen molar-refractivity contribution in [2.45, 2.75) is 39.0 Å². The van der Waals surface area contributed by atoms with Gasteiger partial charge in [0.25, 0.3) is 0 Å². The van der Waals surface area contributed by atoms with E-state index in [9.17, 15) is 8.42 Å². The van der Waals surface area contributed by atoms with Crippen molar-refractivity contribution in [2.75, 3.05) is 12.4 Å². The molecule has 116 valence electrons. The minimum atomic E-state index is -3.11. The van der Waals surface area contributed by atoms with Crippen molar-refractivity contribution in [3.63, 3.8) is 0 Å². The fourth-order valence-electron chi connectivity index (χ4n) is 2.20. The fourth-order valence-corrected chi connectivity index (χ4v) is 3.25. The topological polar surface area (TPSA) is 48.3 Å². The van der Waals surface area contributed by atoms with Crippen molar-refractivity contribution >= 4 is 20.7 Å². The summed E-state index contributed by atoms with van der Waals surface area (Å²) >= 11 is 0. The first-order chi connectivity index (χ1) is 9.76. The van der Waals surface area contributed by atoms with Crippen LogP contribution in [0.5, 0.6) is 5.75 Å². The van der Waals surface area contributed by atoms with Crippen LogP contribution in [0.1, 0.15) is 27.7 Å². The highest BCUT2D eigenvalue weighted by Gasteiger charge is 2.28. The predicted molar refractivity (Wildman–Crippen MR) is 86.6 cm³/mol. The SMILES string of the molecule is CCOc1cccc2c1ccn2CCS(=O)(=O)C(C)(C)C. The molecule has 0 aliphatic rings. The first-order valence-electron chi connectivity index (χ1n) is 7.19. The summed E-state index contributed by atoms with van der Waals surface area (Å²) < 4.78 is 31.3. The highest BCUT2D eigenvalue weighted by Crippen LogP contribution is 2.27. The molecule has 4 nitrogen and oxygen atoms in total. The number of hydrogen-bond acceptors (Lipinski definition) is 3. The largest absolute Gasteiger partial charge is 0.493 e. The second-order valence-electron chi connectivity index (χ2n) is 6.06. The number of aryl methyl sites for hydroxylation is 1. The number of aromatic nitrogens is 1. The van der Waals surface area contributed by atoms with Crippen LogP contribution in [-0.2, 0) is 16.4 Å². The molecule has 21 heavy (non-hydrogen) atoms. The third kappa shape index (κ3) is 3.23. The molecule has 0 bridgehead atoms. The van der Waals surface area contributed by atoms with Crippen molar-refractivity contribution in [3.8, 4) is 5.75 Å². The van der Waals surface area contributed by atoms with Gasteiger partial charge in [0.05, 0.1) is 22.6 Å². The molecule has 0 aliphatic carbocycles. The fraction of sp³-hybridized carbons (Fsp3) is 0.500. The molecule has 0 aliphatic heterocycles. The third-order valence-electron chi connectivity index (χ3n) is 3.61. The summed E-state index contributed by atoms with van der Waals surface area (Å²) in [4.78, 5) is 0. The Morgan fingerprint density at radius 3 is 2.52 bits per heavy atom. The number of benzene rings is 1. The number of fused-ring (bicyclic) bond motifs is 1. The second-order valence-corrected chi connectivity index (χ2v) is 8.92. The molecule has 5 heteroatoms. The Morgan fingerprint density at radius 2 is 1.90 bits per heavy atom. The maximum absolute atomic E-state index is 12.2. The van der Waals surface area contributed by atoms with Gasteiger partial charge in [-0.1, -0.05) is 6.07 Å². The maximum atomic E-state index is 12.2. The van der Waals surface area contributed by atoms with Gasteiger partial charge < -0.3 is 9.30 Å². The summed E-state index contributed by atoms with van der Waals surface area (Å²) in [6.07, 6.45) is 1.92. The van der Waals surface area contributed by atoms with Gasteiger partial charge in [-0.15, -0.1) is 0 Å². The van der Waals surface area contributed by atoms with Crippen molar-refractivity contribution in [1.29, 1.82) is 0 Å². The molecule has 0 N–H and O–H groups in total. The lowest BCUT2D eigenvalue weighted by Gasteiger charge is -2.19. The summed E-state index contributed by atoms with van der Waals surface area (Å²) in [5.74, 6) is 0.978. The van der Waals surface area contributed by atoms with Crippen LogP contribution in [0.2, 0.25) is 0 Å². The van der Waals surface area contributed by atoms with Gasteiger partial charge in [0.2, 0.25) is 0 Å². The van der Waals surface area contributed by atoms with E-state index in [-0.39, 0.29) is 5.75 Å². The monoisotopic (exact) mass is 309 g/mol. The minimum Gasteiger partial charge on any atom is -0.493 e. The molecule has 1 aromatic carbocycles. The average Bonchev–Trinajstić information content (AvgIpc) is 2.80. The molecule has 0 atom stereocenters. The molecule has 0 saturated carbocycles. The number of hydrogen-bond donors (Lipinski definition) is 0. The van der Waals surface area contributed by atoms with Gasteiger partial charge in [0.1, 0.15) is 5.75 Å². The summed E-state index contributed by atoms with van der Waals surface area (Å²) in [5.41, 5.74) is 1.00. The second kappa shape index (κ2) is 5.72. The van der Waals surface area contributed by atoms with E-state index >= 15 is 0 Å². The molecular formula is C16H23NO3S. The summed E-state index contributed by atoms with van der Waals surface area (Å²) in [6, 6.07) is 7.83. The molecule has 0 radical (unpaired) electrons. The van der Waals surface area contributed by atoms with Crippen molar-refractivity contribution in [1.82, 2.24) is 4.57 Å². The van der Waals surface area contributed by atoms with Crippen molar-refractivity contribution in [3.05, 3.63) is 30.5 Å². The maximum Gasteiger partial charge on any atom is 0.156 e. The van der Waals surface area contributed by atoms with Crippen LogP contribution in [0.15, 0.2) is 30.5 Å². The molecular weight excluding hydrogens is 286 g/mol. The van der Waals surface area contributed by atoms with Gasteiger partial charge in [-0.25, -0.2) is 8.42 Å². The molecule has 0 fully saturated rings. The zero-order valence-corrected chi connectivity index (χ0v) is 13.9. The van der Waals surface area contributed by atoms with Crippen LogP contribution in [0.3, 0.4) is 0 Å². The van der Waals surface area contributed by atoms with Gasteiger partial charge in [0.15, 0.2) is 9.84 Å². The van der Waals surface area contributed by atoms with Crippen molar-refractivity contribution in [2.24, 2.45) is 0 Å². The predicted octanol–water partition coefficient (Wildman–Crippen LogP) is 3.25. The van der Waals surface area contributed by atoms with Gasteiger partial charge in [0, 0.05) is 18.1 Å². The summed E-state index contributed by atoms with van der Waals surface area (Å²) in [5, 5.41) is 1.02. The number of sulfone groups is 1. The Hall–Kier alpha value is -1.49. The Labute approximate surface area is 126 Å². The van der Waals surface area contributed by atoms with E-state index < -0.39 is 14.6 Å². The van der Waals surface area contributed by atoms with E-state index in [1.165, 1.54) is 0 Å². The van der Waals surface area contributed by atoms with E-state index in [1.54, 1.807) is 20.8 Å². The van der Waals surface area contributed by atoms with Gasteiger partial charge in [-0.3, -0.25) is 0 Å². The van der Waals surface area contributed by atoms with E-state index in [2.05, 4.69) is 0 Å². The van der Waals surface area contributed by atoms with E-state index in [0.29, 0.717) is 13.2 Å². The normalized spacial score (nSPS) is 12.8.